The van der Waals surface area contributed by atoms with Crippen LogP contribution in [0.15, 0.2) is 48.5 Å². The summed E-state index contributed by atoms with van der Waals surface area (Å²) >= 11 is 0. The van der Waals surface area contributed by atoms with E-state index < -0.39 is 6.36 Å². The normalized spacial score (nSPS) is 17.7. The van der Waals surface area contributed by atoms with Gasteiger partial charge in [-0.2, -0.15) is 4.98 Å². The number of para-hydroxylation sites is 2. The molecule has 1 heterocycles. The molecule has 35 heavy (non-hydrogen) atoms. The number of ether oxygens (including phenoxy) is 1. The van der Waals surface area contributed by atoms with E-state index in [1.54, 1.807) is 18.2 Å². The molecule has 0 unspecified atom stereocenters. The van der Waals surface area contributed by atoms with Gasteiger partial charge < -0.3 is 20.7 Å². The molecule has 0 atom stereocenters. The third-order valence-corrected chi connectivity index (χ3v) is 5.93. The van der Waals surface area contributed by atoms with Crippen molar-refractivity contribution in [3.63, 3.8) is 0 Å². The lowest BCUT2D eigenvalue weighted by atomic mass is 9.91. The van der Waals surface area contributed by atoms with E-state index in [2.05, 4.69) is 30.7 Å². The smallest absolute Gasteiger partial charge is 0.406 e. The molecule has 11 heteroatoms. The monoisotopic (exact) mass is 531 g/mol. The fraction of sp³-hybridized carbons (Fsp3) is 0.417. The minimum atomic E-state index is -4.68. The second-order valence-corrected chi connectivity index (χ2v) is 8.22. The van der Waals surface area contributed by atoms with E-state index >= 15 is 0 Å². The Labute approximate surface area is 215 Å². The second-order valence-electron chi connectivity index (χ2n) is 8.22. The first-order valence-electron chi connectivity index (χ1n) is 11.2. The molecule has 4 rings (SSSR count). The van der Waals surface area contributed by atoms with E-state index in [9.17, 15) is 13.2 Å². The van der Waals surface area contributed by atoms with Crippen molar-refractivity contribution in [3.05, 3.63) is 54.1 Å². The number of rotatable bonds is 8. The van der Waals surface area contributed by atoms with E-state index in [0.29, 0.717) is 30.5 Å². The Kier molecular flexibility index (Phi) is 10.7. The number of nitrogens with zero attached hydrogens (tertiary/aromatic N) is 2. The Morgan fingerprint density at radius 3 is 2.29 bits per heavy atom. The van der Waals surface area contributed by atoms with Crippen LogP contribution >= 0.6 is 24.8 Å². The summed E-state index contributed by atoms with van der Waals surface area (Å²) < 4.78 is 41.9. The highest BCUT2D eigenvalue weighted by Gasteiger charge is 2.32. The van der Waals surface area contributed by atoms with E-state index in [0.717, 1.165) is 42.4 Å². The van der Waals surface area contributed by atoms with Crippen molar-refractivity contribution >= 4 is 47.5 Å². The van der Waals surface area contributed by atoms with Crippen LogP contribution in [-0.4, -0.2) is 42.0 Å². The summed E-state index contributed by atoms with van der Waals surface area (Å²) in [7, 11) is 1.85. The van der Waals surface area contributed by atoms with Crippen LogP contribution in [0, 0.1) is 0 Å². The molecule has 1 aliphatic carbocycles. The molecule has 3 aromatic rings. The molecule has 0 bridgehead atoms. The highest BCUT2D eigenvalue weighted by Crippen LogP contribution is 2.27. The van der Waals surface area contributed by atoms with E-state index in [-0.39, 0.29) is 36.6 Å². The van der Waals surface area contributed by atoms with E-state index in [4.69, 9.17) is 0 Å². The van der Waals surface area contributed by atoms with Gasteiger partial charge in [0.15, 0.2) is 0 Å². The number of anilines is 2. The van der Waals surface area contributed by atoms with Gasteiger partial charge in [0.25, 0.3) is 0 Å². The molecule has 0 saturated heterocycles. The number of halogens is 5. The fourth-order valence-corrected chi connectivity index (χ4v) is 4.30. The molecule has 0 aliphatic heterocycles. The predicted octanol–water partition coefficient (Wildman–Crippen LogP) is 5.97. The molecule has 0 radical (unpaired) electrons. The molecule has 1 aromatic heterocycles. The third-order valence-electron chi connectivity index (χ3n) is 5.93. The van der Waals surface area contributed by atoms with Crippen molar-refractivity contribution < 1.29 is 17.9 Å². The van der Waals surface area contributed by atoms with Gasteiger partial charge in [-0.05, 0) is 62.4 Å². The summed E-state index contributed by atoms with van der Waals surface area (Å²) in [5, 5.41) is 11.1. The number of nitrogens with one attached hydrogen (secondary N) is 3. The van der Waals surface area contributed by atoms with Crippen LogP contribution in [0.4, 0.5) is 24.9 Å². The van der Waals surface area contributed by atoms with Crippen LogP contribution < -0.4 is 20.7 Å². The largest absolute Gasteiger partial charge is 0.573 e. The van der Waals surface area contributed by atoms with Gasteiger partial charge in [-0.15, -0.1) is 38.0 Å². The van der Waals surface area contributed by atoms with Crippen LogP contribution in [0.1, 0.15) is 31.2 Å². The molecular weight excluding hydrogens is 502 g/mol. The van der Waals surface area contributed by atoms with Gasteiger partial charge in [-0.25, -0.2) is 4.98 Å². The van der Waals surface area contributed by atoms with Crippen LogP contribution in [0.2, 0.25) is 0 Å². The summed E-state index contributed by atoms with van der Waals surface area (Å²) in [6.45, 7) is 0.598. The molecule has 0 amide bonds. The maximum atomic E-state index is 12.6. The summed E-state index contributed by atoms with van der Waals surface area (Å²) in [5.74, 6) is 1.29. The zero-order valence-corrected chi connectivity index (χ0v) is 20.9. The number of hydrogen-bond acceptors (Lipinski definition) is 6. The Morgan fingerprint density at radius 2 is 1.57 bits per heavy atom. The summed E-state index contributed by atoms with van der Waals surface area (Å²) in [4.78, 5) is 9.25. The Bertz CT molecular complexity index is 1080. The molecule has 6 nitrogen and oxygen atoms in total. The SMILES string of the molecule is CNc1nc(N[C@H]2CC[C@@H](NCCc3ccccc3OC(F)(F)F)CC2)nc2ccccc12.Cl.Cl. The average Bonchev–Trinajstić information content (AvgIpc) is 2.80. The molecule has 192 valence electrons. The quantitative estimate of drug-likeness (QED) is 0.332. The minimum Gasteiger partial charge on any atom is -0.406 e. The summed E-state index contributed by atoms with van der Waals surface area (Å²) in [6, 6.07) is 14.8. The number of alkyl halides is 3. The zero-order valence-electron chi connectivity index (χ0n) is 19.3. The maximum absolute atomic E-state index is 12.6. The Balaban J connectivity index is 0.00000216. The molecule has 1 aliphatic rings. The van der Waals surface area contributed by atoms with Gasteiger partial charge in [0.2, 0.25) is 5.95 Å². The van der Waals surface area contributed by atoms with E-state index in [1.807, 2.05) is 31.3 Å². The number of hydrogen-bond donors (Lipinski definition) is 3. The topological polar surface area (TPSA) is 71.1 Å². The molecule has 1 saturated carbocycles. The van der Waals surface area contributed by atoms with Crippen molar-refractivity contribution in [2.75, 3.05) is 24.2 Å². The lowest BCUT2D eigenvalue weighted by molar-refractivity contribution is -0.274. The fourth-order valence-electron chi connectivity index (χ4n) is 4.30. The predicted molar refractivity (Wildman–Crippen MR) is 138 cm³/mol. The maximum Gasteiger partial charge on any atom is 0.573 e. The summed E-state index contributed by atoms with van der Waals surface area (Å²) in [6.07, 6.45) is -0.317. The minimum absolute atomic E-state index is 0. The Hall–Kier alpha value is -2.49. The van der Waals surface area contributed by atoms with Gasteiger partial charge in [-0.3, -0.25) is 0 Å². The van der Waals surface area contributed by atoms with E-state index in [1.165, 1.54) is 6.07 Å². The first-order valence-corrected chi connectivity index (χ1v) is 11.2. The lowest BCUT2D eigenvalue weighted by Crippen LogP contribution is -2.38. The van der Waals surface area contributed by atoms with Gasteiger partial charge in [0, 0.05) is 24.5 Å². The first kappa shape index (κ1) is 28.7. The number of aromatic nitrogens is 2. The van der Waals surface area contributed by atoms with Gasteiger partial charge in [0.1, 0.15) is 11.6 Å². The van der Waals surface area contributed by atoms with Crippen LogP contribution in [-0.2, 0) is 6.42 Å². The van der Waals surface area contributed by atoms with Crippen molar-refractivity contribution in [2.45, 2.75) is 50.6 Å². The zero-order chi connectivity index (χ0) is 23.3. The highest BCUT2D eigenvalue weighted by atomic mass is 35.5. The average molecular weight is 532 g/mol. The summed E-state index contributed by atoms with van der Waals surface area (Å²) in [5.41, 5.74) is 1.44. The van der Waals surface area contributed by atoms with Crippen molar-refractivity contribution in [1.29, 1.82) is 0 Å². The van der Waals surface area contributed by atoms with Gasteiger partial charge >= 0.3 is 6.36 Å². The van der Waals surface area contributed by atoms with Gasteiger partial charge in [0.05, 0.1) is 5.52 Å². The highest BCUT2D eigenvalue weighted by molar-refractivity contribution is 5.89. The number of benzene rings is 2. The molecular formula is C24H30Cl2F3N5O. The van der Waals surface area contributed by atoms with Crippen LogP contribution in [0.5, 0.6) is 5.75 Å². The van der Waals surface area contributed by atoms with Gasteiger partial charge in [-0.1, -0.05) is 30.3 Å². The molecule has 3 N–H and O–H groups in total. The molecule has 0 spiro atoms. The van der Waals surface area contributed by atoms with Crippen molar-refractivity contribution in [2.24, 2.45) is 0 Å². The van der Waals surface area contributed by atoms with Crippen molar-refractivity contribution in [1.82, 2.24) is 15.3 Å². The van der Waals surface area contributed by atoms with Crippen LogP contribution in [0.25, 0.3) is 10.9 Å². The van der Waals surface area contributed by atoms with Crippen LogP contribution in [0.3, 0.4) is 0 Å². The van der Waals surface area contributed by atoms with Crippen molar-refractivity contribution in [3.8, 4) is 5.75 Å². The molecule has 2 aromatic carbocycles. The molecule has 1 fully saturated rings. The Morgan fingerprint density at radius 1 is 0.914 bits per heavy atom. The lowest BCUT2D eigenvalue weighted by Gasteiger charge is -2.30. The first-order chi connectivity index (χ1) is 15.9. The number of fused-ring (bicyclic) bond motifs is 1. The third kappa shape index (κ3) is 8.02. The standard InChI is InChI=1S/C24H28F3N5O.2ClH/c1-28-22-19-7-3-4-8-20(19)31-23(32-22)30-18-12-10-17(11-13-18)29-15-14-16-6-2-5-9-21(16)33-24(25,26)27;;/h2-9,17-18,29H,10-15H2,1H3,(H2,28,30,31,32);2*1H/t17-,18+;;. The second kappa shape index (κ2) is 13.0.